The minimum absolute atomic E-state index is 0.0461. The van der Waals surface area contributed by atoms with Crippen molar-refractivity contribution in [3.05, 3.63) is 52.1 Å². The Hall–Kier alpha value is -2.25. The molecule has 1 aromatic rings. The molecule has 6 aliphatic rings. The van der Waals surface area contributed by atoms with Crippen molar-refractivity contribution in [2.45, 2.75) is 116 Å². The zero-order chi connectivity index (χ0) is 29.2. The van der Waals surface area contributed by atoms with Gasteiger partial charge in [0.25, 0.3) is 5.69 Å². The summed E-state index contributed by atoms with van der Waals surface area (Å²) in [7, 11) is 0. The van der Waals surface area contributed by atoms with E-state index >= 15 is 0 Å². The molecule has 9 atom stereocenters. The van der Waals surface area contributed by atoms with Gasteiger partial charge in [0.1, 0.15) is 17.3 Å². The third kappa shape index (κ3) is 4.40. The molecule has 2 spiro atoms. The maximum Gasteiger partial charge on any atom is 0.338 e. The highest BCUT2D eigenvalue weighted by atomic mass is 17.2. The number of carbonyl (C=O) groups is 1. The molecule has 7 nitrogen and oxygen atoms in total. The number of non-ortho nitro benzene ring substituents is 1. The Morgan fingerprint density at radius 3 is 2.41 bits per heavy atom. The van der Waals surface area contributed by atoms with Gasteiger partial charge in [-0.1, -0.05) is 60.0 Å². The number of hydrogen-bond acceptors (Lipinski definition) is 6. The Labute approximate surface area is 244 Å². The first-order valence-electron chi connectivity index (χ1n) is 16.0. The van der Waals surface area contributed by atoms with Gasteiger partial charge in [-0.05, 0) is 79.9 Å². The molecule has 0 radical (unpaired) electrons. The van der Waals surface area contributed by atoms with Crippen LogP contribution >= 0.6 is 0 Å². The Morgan fingerprint density at radius 2 is 1.76 bits per heavy atom. The monoisotopic (exact) mass is 565 g/mol. The van der Waals surface area contributed by atoms with Crippen LogP contribution in [-0.4, -0.2) is 28.2 Å². The molecule has 4 aliphatic carbocycles. The van der Waals surface area contributed by atoms with Gasteiger partial charge >= 0.3 is 5.97 Å². The van der Waals surface area contributed by atoms with E-state index < -0.39 is 16.5 Å². The van der Waals surface area contributed by atoms with Gasteiger partial charge in [-0.3, -0.25) is 10.1 Å². The second-order valence-corrected chi connectivity index (χ2v) is 14.9. The van der Waals surface area contributed by atoms with E-state index in [-0.39, 0.29) is 28.2 Å². The number of nitro groups is 1. The molecular weight excluding hydrogens is 518 g/mol. The Kier molecular flexibility index (Phi) is 7.17. The second kappa shape index (κ2) is 10.2. The molecule has 1 saturated heterocycles. The number of benzene rings is 1. The third-order valence-electron chi connectivity index (χ3n) is 12.4. The number of hydrogen-bond donors (Lipinski definition) is 0. The fourth-order valence-corrected chi connectivity index (χ4v) is 10.1. The number of ether oxygens (including phenoxy) is 1. The largest absolute Gasteiger partial charge is 0.459 e. The van der Waals surface area contributed by atoms with Crippen LogP contribution in [0, 0.1) is 50.5 Å². The van der Waals surface area contributed by atoms with E-state index in [4.69, 9.17) is 14.5 Å². The molecule has 0 amide bonds. The lowest BCUT2D eigenvalue weighted by atomic mass is 9.42. The first-order chi connectivity index (χ1) is 19.4. The van der Waals surface area contributed by atoms with Crippen LogP contribution in [0.5, 0.6) is 0 Å². The van der Waals surface area contributed by atoms with E-state index in [0.29, 0.717) is 23.8 Å². The maximum atomic E-state index is 12.9. The van der Waals surface area contributed by atoms with Crippen molar-refractivity contribution in [3.8, 4) is 0 Å². The van der Waals surface area contributed by atoms with Crippen molar-refractivity contribution in [2.75, 3.05) is 0 Å². The maximum absolute atomic E-state index is 12.9. The van der Waals surface area contributed by atoms with Gasteiger partial charge in [-0.25, -0.2) is 14.6 Å². The smallest absolute Gasteiger partial charge is 0.338 e. The summed E-state index contributed by atoms with van der Waals surface area (Å²) in [5.74, 6) is 2.60. The molecule has 0 N–H and O–H groups in total. The van der Waals surface area contributed by atoms with Gasteiger partial charge < -0.3 is 4.74 Å². The number of esters is 1. The molecule has 2 bridgehead atoms. The fourth-order valence-electron chi connectivity index (χ4n) is 10.1. The zero-order valence-electron chi connectivity index (χ0n) is 25.4. The fraction of sp³-hybridized carbons (Fsp3) is 0.735. The predicted molar refractivity (Wildman–Crippen MR) is 156 cm³/mol. The Bertz CT molecular complexity index is 1210. The van der Waals surface area contributed by atoms with Crippen LogP contribution in [0.1, 0.15) is 109 Å². The van der Waals surface area contributed by atoms with E-state index in [1.807, 2.05) is 0 Å². The van der Waals surface area contributed by atoms with Gasteiger partial charge in [-0.15, -0.1) is 0 Å². The van der Waals surface area contributed by atoms with E-state index in [9.17, 15) is 14.9 Å². The number of carbonyl (C=O) groups excluding carboxylic acids is 1. The van der Waals surface area contributed by atoms with Crippen LogP contribution in [0.15, 0.2) is 36.4 Å². The highest BCUT2D eigenvalue weighted by molar-refractivity contribution is 5.89. The number of rotatable bonds is 8. The standard InChI is InChI=1S/C34H47NO6/c1-22(2)7-6-8-23(3)27-13-14-28-31(27,4)17-16-29-32(5)18-15-26(21-33(32)19-20-34(28,29)41-40-33)39-30(36)24-9-11-25(12-10-24)35(37)38/h9-12,19-20,22-23,26-29H,6-8,13-18,21H2,1-5H3/t23?,26-,27+,28?,29?,31+,32+,33+,34-/m0/s1. The van der Waals surface area contributed by atoms with E-state index in [1.165, 1.54) is 62.8 Å². The zero-order valence-corrected chi connectivity index (χ0v) is 25.4. The first kappa shape index (κ1) is 28.9. The molecule has 2 aliphatic heterocycles. The van der Waals surface area contributed by atoms with Crippen molar-refractivity contribution in [1.82, 2.24) is 0 Å². The van der Waals surface area contributed by atoms with Crippen LogP contribution in [0.3, 0.4) is 0 Å². The molecule has 0 aromatic heterocycles. The number of nitrogens with zero attached hydrogens (tertiary/aromatic N) is 1. The normalized spacial score (nSPS) is 41.4. The lowest BCUT2D eigenvalue weighted by Gasteiger charge is -2.69. The summed E-state index contributed by atoms with van der Waals surface area (Å²) < 4.78 is 5.94. The lowest BCUT2D eigenvalue weighted by molar-refractivity contribution is -0.497. The quantitative estimate of drug-likeness (QED) is 0.104. The van der Waals surface area contributed by atoms with Crippen molar-refractivity contribution < 1.29 is 24.2 Å². The second-order valence-electron chi connectivity index (χ2n) is 14.9. The topological polar surface area (TPSA) is 87.9 Å². The van der Waals surface area contributed by atoms with Crippen LogP contribution in [0.4, 0.5) is 5.69 Å². The van der Waals surface area contributed by atoms with Crippen LogP contribution in [0.2, 0.25) is 0 Å². The number of fused-ring (bicyclic) bond motifs is 2. The molecule has 7 rings (SSSR count). The lowest BCUT2D eigenvalue weighted by Crippen LogP contribution is -2.73. The van der Waals surface area contributed by atoms with Crippen LogP contribution < -0.4 is 0 Å². The highest BCUT2D eigenvalue weighted by Crippen LogP contribution is 2.73. The summed E-state index contributed by atoms with van der Waals surface area (Å²) in [5, 5.41) is 11.0. The summed E-state index contributed by atoms with van der Waals surface area (Å²) in [6, 6.07) is 5.59. The molecule has 3 unspecified atom stereocenters. The van der Waals surface area contributed by atoms with Gasteiger partial charge in [0, 0.05) is 35.8 Å². The first-order valence-corrected chi connectivity index (χ1v) is 16.0. The minimum Gasteiger partial charge on any atom is -0.459 e. The van der Waals surface area contributed by atoms with Crippen molar-refractivity contribution in [3.63, 3.8) is 0 Å². The van der Waals surface area contributed by atoms with Gasteiger partial charge in [0.05, 0.1) is 10.5 Å². The molecule has 41 heavy (non-hydrogen) atoms. The van der Waals surface area contributed by atoms with Crippen molar-refractivity contribution in [2.24, 2.45) is 40.4 Å². The Balaban J connectivity index is 1.19. The molecule has 7 heteroatoms. The molecule has 224 valence electrons. The molecule has 2 heterocycles. The molecular formula is C34H47NO6. The van der Waals surface area contributed by atoms with Crippen molar-refractivity contribution >= 4 is 11.7 Å². The third-order valence-corrected chi connectivity index (χ3v) is 12.4. The van der Waals surface area contributed by atoms with E-state index in [0.717, 1.165) is 37.0 Å². The van der Waals surface area contributed by atoms with Gasteiger partial charge in [0.2, 0.25) is 0 Å². The SMILES string of the molecule is CC(C)CCCC(C)[C@H]1CCC2[C@@]34C=C[C@]5(C[C@@H](OC(=O)c6ccc([N+](=O)[O-])cc6)CC[C@]5(C)C3CC[C@@]21C)OO4. The average molecular weight is 566 g/mol. The van der Waals surface area contributed by atoms with Crippen LogP contribution in [0.25, 0.3) is 0 Å². The predicted octanol–water partition coefficient (Wildman–Crippen LogP) is 8.22. The van der Waals surface area contributed by atoms with Gasteiger partial charge in [0.15, 0.2) is 0 Å². The molecule has 3 saturated carbocycles. The highest BCUT2D eigenvalue weighted by Gasteiger charge is 2.74. The number of nitro benzene ring substituents is 1. The molecule has 4 fully saturated rings. The summed E-state index contributed by atoms with van der Waals surface area (Å²) in [4.78, 5) is 36.5. The summed E-state index contributed by atoms with van der Waals surface area (Å²) >= 11 is 0. The van der Waals surface area contributed by atoms with Crippen molar-refractivity contribution in [1.29, 1.82) is 0 Å². The van der Waals surface area contributed by atoms with Crippen LogP contribution in [-0.2, 0) is 14.5 Å². The summed E-state index contributed by atoms with van der Waals surface area (Å²) in [6.45, 7) is 12.1. The average Bonchev–Trinajstić information content (AvgIpc) is 3.31. The van der Waals surface area contributed by atoms with E-state index in [2.05, 4.69) is 46.8 Å². The minimum atomic E-state index is -0.617. The Morgan fingerprint density at radius 1 is 1.00 bits per heavy atom. The van der Waals surface area contributed by atoms with E-state index in [1.54, 1.807) is 0 Å². The summed E-state index contributed by atoms with van der Waals surface area (Å²) in [5.41, 5.74) is -0.548. The molecule has 1 aromatic carbocycles. The van der Waals surface area contributed by atoms with Gasteiger partial charge in [-0.2, -0.15) is 0 Å². The summed E-state index contributed by atoms with van der Waals surface area (Å²) in [6.07, 6.45) is 15.4.